The van der Waals surface area contributed by atoms with Crippen molar-refractivity contribution in [1.82, 2.24) is 4.90 Å². The van der Waals surface area contributed by atoms with Crippen molar-refractivity contribution in [2.24, 2.45) is 5.41 Å². The van der Waals surface area contributed by atoms with Gasteiger partial charge in [0.2, 0.25) is 0 Å². The topological polar surface area (TPSA) is 58.6 Å². The Hall–Kier alpha value is -5.00. The molecule has 4 aliphatic heterocycles. The van der Waals surface area contributed by atoms with Crippen molar-refractivity contribution < 1.29 is 14.3 Å². The third-order valence-corrected chi connectivity index (χ3v) is 10.5. The van der Waals surface area contributed by atoms with Crippen LogP contribution in [0, 0.1) is 5.41 Å². The van der Waals surface area contributed by atoms with E-state index in [0.717, 1.165) is 22.4 Å². The lowest BCUT2D eigenvalue weighted by Gasteiger charge is -2.52. The van der Waals surface area contributed by atoms with E-state index in [9.17, 15) is 0 Å². The van der Waals surface area contributed by atoms with Gasteiger partial charge in [0, 0.05) is 29.8 Å². The van der Waals surface area contributed by atoms with Crippen LogP contribution in [0.25, 0.3) is 0 Å². The minimum atomic E-state index is -1.34. The zero-order chi connectivity index (χ0) is 29.5. The van der Waals surface area contributed by atoms with Crippen molar-refractivity contribution in [2.75, 3.05) is 5.32 Å². The molecule has 1 saturated heterocycles. The summed E-state index contributed by atoms with van der Waals surface area (Å²) in [5.74, 6) is -0.0232. The Balaban J connectivity index is 1.46. The van der Waals surface area contributed by atoms with Gasteiger partial charge in [-0.05, 0) is 46.9 Å². The molecule has 1 amide bonds. The Morgan fingerprint density at radius 2 is 1.32 bits per heavy atom. The molecule has 1 fully saturated rings. The van der Waals surface area contributed by atoms with Crippen LogP contribution in [-0.4, -0.2) is 22.6 Å². The van der Waals surface area contributed by atoms with Crippen LogP contribution in [0.2, 0.25) is 0 Å². The monoisotopic (exact) mass is 574 g/mol. The van der Waals surface area contributed by atoms with E-state index in [1.54, 1.807) is 0 Å². The number of ether oxygens (including phenoxy) is 1. The first-order valence-electron chi connectivity index (χ1n) is 15.3. The molecule has 0 radical (unpaired) electrons. The van der Waals surface area contributed by atoms with Crippen LogP contribution in [0.3, 0.4) is 0 Å². The molecular weight excluding hydrogens is 544 g/mol. The minimum Gasteiger partial charge on any atom is -0.484 e. The zero-order valence-electron chi connectivity index (χ0n) is 24.0. The summed E-state index contributed by atoms with van der Waals surface area (Å²) >= 11 is 0. The number of benzene rings is 5. The number of amides is 1. The van der Waals surface area contributed by atoms with Gasteiger partial charge < -0.3 is 10.1 Å². The Morgan fingerprint density at radius 1 is 0.682 bits per heavy atom. The first-order valence-corrected chi connectivity index (χ1v) is 15.3. The fourth-order valence-corrected chi connectivity index (χ4v) is 9.00. The fourth-order valence-electron chi connectivity index (χ4n) is 9.00. The summed E-state index contributed by atoms with van der Waals surface area (Å²) in [6, 6.07) is 44.2. The smallest absolute Gasteiger partial charge is 0.250 e. The lowest BCUT2D eigenvalue weighted by Crippen LogP contribution is -2.64. The van der Waals surface area contributed by atoms with Gasteiger partial charge in [0.25, 0.3) is 5.91 Å². The van der Waals surface area contributed by atoms with Gasteiger partial charge in [0.15, 0.2) is 5.78 Å². The Morgan fingerprint density at radius 3 is 2.11 bits per heavy atom. The maximum absolute atomic E-state index is 15.9. The van der Waals surface area contributed by atoms with Crippen molar-refractivity contribution in [2.45, 2.75) is 36.6 Å². The molecule has 1 unspecified atom stereocenters. The number of nitrogens with one attached hydrogen (secondary N) is 1. The summed E-state index contributed by atoms with van der Waals surface area (Å²) in [6.07, 6.45) is -0.0209. The summed E-state index contributed by atoms with van der Waals surface area (Å²) < 4.78 is 7.08. The lowest BCUT2D eigenvalue weighted by atomic mass is 9.52. The third-order valence-electron chi connectivity index (χ3n) is 10.5. The number of anilines is 1. The second-order valence-corrected chi connectivity index (χ2v) is 12.4. The second kappa shape index (κ2) is 9.25. The molecule has 4 aliphatic rings. The fraction of sp³-hybridized carbons (Fsp3) is 0.179. The molecule has 1 N–H and O–H groups in total. The van der Waals surface area contributed by atoms with Gasteiger partial charge in [0.05, 0.1) is 5.56 Å². The number of fused-ring (bicyclic) bond motifs is 7. The summed E-state index contributed by atoms with van der Waals surface area (Å²) in [5, 5.41) is 3.26. The first kappa shape index (κ1) is 25.5. The van der Waals surface area contributed by atoms with E-state index >= 15 is 9.59 Å². The van der Waals surface area contributed by atoms with E-state index in [2.05, 4.69) is 46.6 Å². The van der Waals surface area contributed by atoms with Crippen molar-refractivity contribution >= 4 is 17.4 Å². The molecule has 214 valence electrons. The van der Waals surface area contributed by atoms with E-state index in [1.807, 2.05) is 97.1 Å². The van der Waals surface area contributed by atoms with Crippen LogP contribution >= 0.6 is 0 Å². The molecule has 0 aliphatic carbocycles. The maximum Gasteiger partial charge on any atom is 0.250 e. The average Bonchev–Trinajstić information content (AvgIpc) is 3.52. The molecule has 44 heavy (non-hydrogen) atoms. The summed E-state index contributed by atoms with van der Waals surface area (Å²) in [6.45, 7) is 0.546. The SMILES string of the molecule is O=C1c2ccccc2OC(c2ccccc2)[C@]12[C@@H](c1ccccc1)[C@@H]1Cc3ccccc3CN1[C@@]21C(=O)Nc2ccccc21. The summed E-state index contributed by atoms with van der Waals surface area (Å²) in [4.78, 5) is 33.4. The summed E-state index contributed by atoms with van der Waals surface area (Å²) in [7, 11) is 0. The van der Waals surface area contributed by atoms with Crippen LogP contribution < -0.4 is 10.1 Å². The molecule has 5 heteroatoms. The number of carbonyl (C=O) groups excluding carboxylic acids is 2. The van der Waals surface area contributed by atoms with E-state index in [4.69, 9.17) is 4.74 Å². The van der Waals surface area contributed by atoms with Crippen LogP contribution in [0.5, 0.6) is 5.75 Å². The van der Waals surface area contributed by atoms with E-state index in [-0.39, 0.29) is 23.7 Å². The van der Waals surface area contributed by atoms with Crippen LogP contribution in [-0.2, 0) is 23.3 Å². The minimum absolute atomic E-state index is 0.0487. The molecule has 5 aromatic carbocycles. The highest BCUT2D eigenvalue weighted by atomic mass is 16.5. The number of nitrogens with zero attached hydrogens (tertiary/aromatic N) is 1. The van der Waals surface area contributed by atoms with Gasteiger partial charge in [-0.15, -0.1) is 0 Å². The van der Waals surface area contributed by atoms with Gasteiger partial charge in [0.1, 0.15) is 22.8 Å². The highest BCUT2D eigenvalue weighted by Gasteiger charge is 2.81. The number of ketones is 1. The molecule has 0 bridgehead atoms. The van der Waals surface area contributed by atoms with Crippen molar-refractivity contribution in [3.63, 3.8) is 0 Å². The number of carbonyl (C=O) groups is 2. The largest absolute Gasteiger partial charge is 0.484 e. The predicted octanol–water partition coefficient (Wildman–Crippen LogP) is 7.06. The third kappa shape index (κ3) is 3.07. The number of para-hydroxylation sites is 2. The van der Waals surface area contributed by atoms with E-state index in [1.165, 1.54) is 11.1 Å². The average molecular weight is 575 g/mol. The molecule has 5 aromatic rings. The quantitative estimate of drug-likeness (QED) is 0.245. The highest BCUT2D eigenvalue weighted by Crippen LogP contribution is 2.73. The molecule has 2 spiro atoms. The van der Waals surface area contributed by atoms with Crippen molar-refractivity contribution in [3.8, 4) is 5.75 Å². The number of Topliss-reactive ketones (excluding diaryl/α,β-unsaturated/α-hetero) is 1. The zero-order valence-corrected chi connectivity index (χ0v) is 24.0. The van der Waals surface area contributed by atoms with Gasteiger partial charge in [-0.2, -0.15) is 0 Å². The number of rotatable bonds is 2. The summed E-state index contributed by atoms with van der Waals surface area (Å²) in [5.41, 5.74) is 3.79. The van der Waals surface area contributed by atoms with Gasteiger partial charge >= 0.3 is 0 Å². The van der Waals surface area contributed by atoms with Crippen molar-refractivity contribution in [3.05, 3.63) is 167 Å². The normalized spacial score (nSPS) is 28.1. The molecule has 0 saturated carbocycles. The van der Waals surface area contributed by atoms with E-state index < -0.39 is 17.1 Å². The van der Waals surface area contributed by atoms with Crippen LogP contribution in [0.1, 0.15) is 50.2 Å². The Kier molecular flexibility index (Phi) is 5.36. The standard InChI is InChI=1S/C39H30N2O3/c42-35-29-19-9-12-22-33(29)44-36(26-15-5-2-6-16-26)38(35)34(25-13-3-1-4-14-25)32-23-27-17-7-8-18-28(27)24-41(32)39(38)30-20-10-11-21-31(30)40-37(39)43/h1-22,32,34,36H,23-24H2,(H,40,43)/t32-,34-,36?,38-,39-/m0/s1. The maximum atomic E-state index is 15.9. The molecule has 5 atom stereocenters. The predicted molar refractivity (Wildman–Crippen MR) is 168 cm³/mol. The molecule has 4 heterocycles. The lowest BCUT2D eigenvalue weighted by molar-refractivity contribution is -0.138. The highest BCUT2D eigenvalue weighted by molar-refractivity contribution is 6.16. The Bertz CT molecular complexity index is 1960. The van der Waals surface area contributed by atoms with Gasteiger partial charge in [-0.3, -0.25) is 14.5 Å². The number of hydrogen-bond donors (Lipinski definition) is 1. The van der Waals surface area contributed by atoms with Crippen LogP contribution in [0.15, 0.2) is 133 Å². The van der Waals surface area contributed by atoms with Crippen molar-refractivity contribution in [1.29, 1.82) is 0 Å². The second-order valence-electron chi connectivity index (χ2n) is 12.4. The first-order chi connectivity index (χ1) is 21.7. The van der Waals surface area contributed by atoms with E-state index in [0.29, 0.717) is 24.3 Å². The Labute approximate surface area is 256 Å². The molecule has 5 nitrogen and oxygen atoms in total. The van der Waals surface area contributed by atoms with Gasteiger partial charge in [-0.1, -0.05) is 115 Å². The molecular formula is C39H30N2O3. The molecule has 9 rings (SSSR count). The number of hydrogen-bond acceptors (Lipinski definition) is 4. The van der Waals surface area contributed by atoms with Gasteiger partial charge in [-0.25, -0.2) is 0 Å². The van der Waals surface area contributed by atoms with Crippen LogP contribution in [0.4, 0.5) is 5.69 Å². The molecule has 0 aromatic heterocycles.